The second-order valence-electron chi connectivity index (χ2n) is 0.756. The third-order valence-corrected chi connectivity index (χ3v) is 0. The Bertz CT molecular complexity index is 60.0. The van der Waals surface area contributed by atoms with Gasteiger partial charge in [0.15, 0.2) is 0 Å². The fourth-order valence-corrected chi connectivity index (χ4v) is 0. The van der Waals surface area contributed by atoms with Crippen molar-refractivity contribution in [1.29, 1.82) is 0 Å². The van der Waals surface area contributed by atoms with E-state index in [9.17, 15) is 0 Å². The van der Waals surface area contributed by atoms with Crippen LogP contribution >= 0.6 is 0 Å². The van der Waals surface area contributed by atoms with Crippen LogP contribution in [0.3, 0.4) is 0 Å². The molecule has 0 unspecified atom stereocenters. The van der Waals surface area contributed by atoms with E-state index in [0.717, 1.165) is 0 Å². The quantitative estimate of drug-likeness (QED) is 0.387. The smallest absolute Gasteiger partial charge is 0.369 e. The summed E-state index contributed by atoms with van der Waals surface area (Å²) in [5.41, 5.74) is 0. The maximum absolute atomic E-state index is 8.49. The molecule has 0 rings (SSSR count). The van der Waals surface area contributed by atoms with E-state index in [1.54, 1.807) is 0 Å². The van der Waals surface area contributed by atoms with Gasteiger partial charge in [0, 0.05) is 0 Å². The van der Waals surface area contributed by atoms with Crippen molar-refractivity contribution in [1.82, 2.24) is 6.15 Å². The van der Waals surface area contributed by atoms with E-state index in [-0.39, 0.29) is 25.0 Å². The van der Waals surface area contributed by atoms with Crippen LogP contribution < -0.4 is 62.3 Å². The molecule has 9 nitrogen and oxygen atoms in total. The molecule has 0 radical (unpaired) electrons. The Hall–Kier alpha value is 0.817. The fraction of sp³-hybridized carbons (Fsp3) is 0. The molecular formula is H4Cl2LiNO8. The van der Waals surface area contributed by atoms with Crippen LogP contribution in [0.4, 0.5) is 0 Å². The summed E-state index contributed by atoms with van der Waals surface area (Å²) in [7, 11) is -9.89. The average Bonchev–Trinajstić information content (AvgIpc) is 1.12. The number of hydrogen-bond acceptors (Lipinski definition) is 8. The first-order valence-corrected chi connectivity index (χ1v) is 3.70. The van der Waals surface area contributed by atoms with Crippen LogP contribution in [0.1, 0.15) is 0 Å². The first-order valence-electron chi connectivity index (χ1n) is 1.23. The minimum atomic E-state index is -4.94. The first kappa shape index (κ1) is 23.0. The van der Waals surface area contributed by atoms with Crippen molar-refractivity contribution in [3.8, 4) is 0 Å². The molecule has 0 saturated carbocycles. The van der Waals surface area contributed by atoms with Crippen LogP contribution in [0.25, 0.3) is 0 Å². The summed E-state index contributed by atoms with van der Waals surface area (Å²) in [6, 6.07) is 0. The van der Waals surface area contributed by atoms with Crippen molar-refractivity contribution < 1.29 is 76.6 Å². The Labute approximate surface area is 83.1 Å². The Morgan fingerprint density at radius 2 is 0.500 bits per heavy atom. The summed E-state index contributed by atoms with van der Waals surface area (Å²) < 4.78 is 67.9. The largest absolute Gasteiger partial charge is 1.00 e. The van der Waals surface area contributed by atoms with E-state index in [1.807, 2.05) is 0 Å². The third-order valence-electron chi connectivity index (χ3n) is 0. The zero-order chi connectivity index (χ0) is 9.00. The van der Waals surface area contributed by atoms with Crippen molar-refractivity contribution in [3.05, 3.63) is 0 Å². The van der Waals surface area contributed by atoms with Crippen molar-refractivity contribution in [2.75, 3.05) is 0 Å². The van der Waals surface area contributed by atoms with Gasteiger partial charge in [-0.05, 0) is 0 Å². The van der Waals surface area contributed by atoms with Crippen molar-refractivity contribution in [2.45, 2.75) is 0 Å². The van der Waals surface area contributed by atoms with Gasteiger partial charge in [-0.25, -0.2) is 37.3 Å². The Morgan fingerprint density at radius 3 is 0.500 bits per heavy atom. The van der Waals surface area contributed by atoms with Crippen molar-refractivity contribution in [3.63, 3.8) is 0 Å². The molecule has 72 valence electrons. The molecule has 0 aromatic rings. The Balaban J connectivity index is -0.0000000457. The van der Waals surface area contributed by atoms with Crippen LogP contribution in [0.2, 0.25) is 0 Å². The molecule has 0 amide bonds. The summed E-state index contributed by atoms with van der Waals surface area (Å²) in [6.07, 6.45) is 0. The van der Waals surface area contributed by atoms with Crippen molar-refractivity contribution >= 4 is 0 Å². The van der Waals surface area contributed by atoms with Gasteiger partial charge in [-0.15, -0.1) is 20.5 Å². The number of rotatable bonds is 0. The molecule has 12 heteroatoms. The summed E-state index contributed by atoms with van der Waals surface area (Å²) in [6.45, 7) is 0. The minimum Gasteiger partial charge on any atom is -0.369 e. The van der Waals surface area contributed by atoms with Crippen LogP contribution in [0, 0.1) is 20.5 Å². The van der Waals surface area contributed by atoms with Gasteiger partial charge in [-0.2, -0.15) is 0 Å². The SMILES string of the molecule is [Li+].[NH4+].[O-][Cl+3]([O-])([O-])[O-].[O-][Cl+3]([O-])([O-])[O-]. The molecule has 0 aliphatic rings. The molecule has 0 bridgehead atoms. The molecule has 0 aliphatic heterocycles. The van der Waals surface area contributed by atoms with E-state index in [4.69, 9.17) is 37.3 Å². The van der Waals surface area contributed by atoms with E-state index >= 15 is 0 Å². The van der Waals surface area contributed by atoms with E-state index in [2.05, 4.69) is 0 Å². The fourth-order valence-electron chi connectivity index (χ4n) is 0. The number of halogens is 2. The van der Waals surface area contributed by atoms with Gasteiger partial charge >= 0.3 is 18.9 Å². The molecule has 0 heterocycles. The summed E-state index contributed by atoms with van der Waals surface area (Å²) >= 11 is 0. The van der Waals surface area contributed by atoms with Crippen LogP contribution in [-0.4, -0.2) is 0 Å². The normalized spacial score (nSPS) is 10.0. The van der Waals surface area contributed by atoms with Gasteiger partial charge in [0.05, 0.1) is 0 Å². The predicted octanol–water partition coefficient (Wildman–Crippen LogP) is -12.1. The van der Waals surface area contributed by atoms with Gasteiger partial charge in [-0.3, -0.25) is 0 Å². The number of quaternary nitrogens is 1. The molecule has 0 saturated heterocycles. The molecule has 0 spiro atoms. The summed E-state index contributed by atoms with van der Waals surface area (Å²) in [5.74, 6) is 0. The van der Waals surface area contributed by atoms with Gasteiger partial charge in [-0.1, -0.05) is 0 Å². The molecular weight excluding hydrogens is 220 g/mol. The van der Waals surface area contributed by atoms with E-state index in [0.29, 0.717) is 0 Å². The van der Waals surface area contributed by atoms with Crippen LogP contribution in [0.5, 0.6) is 0 Å². The second-order valence-corrected chi connectivity index (χ2v) is 2.27. The topological polar surface area (TPSA) is 221 Å². The average molecular weight is 224 g/mol. The Kier molecular flexibility index (Phi) is 16.1. The number of hydrogen-bond donors (Lipinski definition) is 1. The second kappa shape index (κ2) is 8.42. The molecule has 0 aromatic heterocycles. The maximum atomic E-state index is 8.49. The van der Waals surface area contributed by atoms with E-state index in [1.165, 1.54) is 0 Å². The molecule has 0 aliphatic carbocycles. The summed E-state index contributed by atoms with van der Waals surface area (Å²) in [5, 5.41) is 0. The molecule has 12 heavy (non-hydrogen) atoms. The zero-order valence-electron chi connectivity index (χ0n) is 6.02. The van der Waals surface area contributed by atoms with E-state index < -0.39 is 20.5 Å². The van der Waals surface area contributed by atoms with Crippen LogP contribution in [-0.2, 0) is 0 Å². The zero-order valence-corrected chi connectivity index (χ0v) is 7.53. The van der Waals surface area contributed by atoms with Gasteiger partial charge < -0.3 is 6.15 Å². The molecule has 4 N–H and O–H groups in total. The Morgan fingerprint density at radius 1 is 0.500 bits per heavy atom. The standard InChI is InChI=1S/2ClHO4.Li.H3N/c2*2-1(3,4)5;;/h2*(H,2,3,4,5);;1H3/q;;+1;/p-1. The first-order chi connectivity index (χ1) is 4.00. The van der Waals surface area contributed by atoms with Crippen LogP contribution in [0.15, 0.2) is 0 Å². The predicted molar refractivity (Wildman–Crippen MR) is 5.98 cm³/mol. The molecule has 0 aromatic carbocycles. The minimum absolute atomic E-state index is 0. The monoisotopic (exact) mass is 223 g/mol. The molecule has 0 fully saturated rings. The third kappa shape index (κ3) is 1560. The van der Waals surface area contributed by atoms with Gasteiger partial charge in [0.25, 0.3) is 0 Å². The van der Waals surface area contributed by atoms with Gasteiger partial charge in [0.1, 0.15) is 0 Å². The summed E-state index contributed by atoms with van der Waals surface area (Å²) in [4.78, 5) is 0. The van der Waals surface area contributed by atoms with Gasteiger partial charge in [0.2, 0.25) is 0 Å². The molecule has 0 atom stereocenters. The van der Waals surface area contributed by atoms with Crippen molar-refractivity contribution in [2.24, 2.45) is 0 Å². The maximum Gasteiger partial charge on any atom is 1.00 e.